The molecule has 2 aromatic rings. The number of hydrogen-bond donors (Lipinski definition) is 2. The number of hydrogen-bond acceptors (Lipinski definition) is 5. The van der Waals surface area contributed by atoms with Gasteiger partial charge in [-0.2, -0.15) is 0 Å². The lowest BCUT2D eigenvalue weighted by molar-refractivity contribution is -0.115. The number of piperidine rings is 1. The summed E-state index contributed by atoms with van der Waals surface area (Å²) in [6.45, 7) is 4.08. The van der Waals surface area contributed by atoms with Gasteiger partial charge >= 0.3 is 6.03 Å². The molecule has 1 aromatic heterocycles. The van der Waals surface area contributed by atoms with Crippen molar-refractivity contribution in [3.8, 4) is 0 Å². The Balaban J connectivity index is 1.50. The standard InChI is InChI=1S/C21H23N5O3/c1-14-4-3-9-25(13-14)18-10-15(7-8-22-18)20(28)24-16-5-2-6-17(11-16)26-19(27)12-23-21(26)29/h2,5-8,10-11,14H,3-4,9,12-13H2,1H3,(H,23,29)(H,24,28). The second-order valence-corrected chi connectivity index (χ2v) is 7.49. The van der Waals surface area contributed by atoms with Crippen molar-refractivity contribution >= 4 is 35.0 Å². The predicted octanol–water partition coefficient (Wildman–Crippen LogP) is 2.63. The Morgan fingerprint density at radius 3 is 2.86 bits per heavy atom. The zero-order valence-corrected chi connectivity index (χ0v) is 16.2. The molecule has 1 atom stereocenters. The van der Waals surface area contributed by atoms with Crippen LogP contribution in [-0.2, 0) is 4.79 Å². The molecule has 0 radical (unpaired) electrons. The number of amides is 4. The predicted molar refractivity (Wildman–Crippen MR) is 110 cm³/mol. The summed E-state index contributed by atoms with van der Waals surface area (Å²) in [5.74, 6) is 0.814. The van der Waals surface area contributed by atoms with Crippen LogP contribution in [0.4, 0.5) is 22.0 Å². The number of benzene rings is 1. The number of carbonyl (C=O) groups is 3. The number of carbonyl (C=O) groups excluding carboxylic acids is 3. The van der Waals surface area contributed by atoms with Gasteiger partial charge in [0.15, 0.2) is 0 Å². The van der Waals surface area contributed by atoms with Gasteiger partial charge < -0.3 is 15.5 Å². The molecular formula is C21H23N5O3. The lowest BCUT2D eigenvalue weighted by Gasteiger charge is -2.31. The molecule has 8 heteroatoms. The van der Waals surface area contributed by atoms with Crippen molar-refractivity contribution in [2.45, 2.75) is 19.8 Å². The molecule has 4 amide bonds. The minimum atomic E-state index is -0.465. The maximum atomic E-state index is 12.8. The fourth-order valence-electron chi connectivity index (χ4n) is 3.74. The zero-order valence-electron chi connectivity index (χ0n) is 16.2. The second-order valence-electron chi connectivity index (χ2n) is 7.49. The van der Waals surface area contributed by atoms with E-state index in [-0.39, 0.29) is 18.4 Å². The van der Waals surface area contributed by atoms with Gasteiger partial charge in [0.2, 0.25) is 0 Å². The molecule has 2 saturated heterocycles. The fourth-order valence-corrected chi connectivity index (χ4v) is 3.74. The Morgan fingerprint density at radius 1 is 1.24 bits per heavy atom. The Kier molecular flexibility index (Phi) is 5.16. The largest absolute Gasteiger partial charge is 0.356 e. The van der Waals surface area contributed by atoms with Gasteiger partial charge in [0.05, 0.1) is 12.2 Å². The van der Waals surface area contributed by atoms with Crippen molar-refractivity contribution in [1.82, 2.24) is 10.3 Å². The highest BCUT2D eigenvalue weighted by atomic mass is 16.2. The molecule has 0 aliphatic carbocycles. The molecule has 1 unspecified atom stereocenters. The van der Waals surface area contributed by atoms with Gasteiger partial charge in [-0.15, -0.1) is 0 Å². The Labute approximate surface area is 168 Å². The van der Waals surface area contributed by atoms with Crippen LogP contribution in [0.3, 0.4) is 0 Å². The molecule has 29 heavy (non-hydrogen) atoms. The molecule has 4 rings (SSSR count). The molecule has 2 N–H and O–H groups in total. The van der Waals surface area contributed by atoms with Crippen molar-refractivity contribution in [2.75, 3.05) is 34.8 Å². The van der Waals surface area contributed by atoms with Gasteiger partial charge in [-0.25, -0.2) is 14.7 Å². The van der Waals surface area contributed by atoms with Crippen LogP contribution >= 0.6 is 0 Å². The van der Waals surface area contributed by atoms with Crippen LogP contribution in [-0.4, -0.2) is 42.5 Å². The van der Waals surface area contributed by atoms with Gasteiger partial charge in [-0.05, 0) is 49.1 Å². The summed E-state index contributed by atoms with van der Waals surface area (Å²) in [4.78, 5) is 44.2. The summed E-state index contributed by atoms with van der Waals surface area (Å²) < 4.78 is 0. The van der Waals surface area contributed by atoms with Gasteiger partial charge in [0.25, 0.3) is 11.8 Å². The normalized spacial score (nSPS) is 19.3. The summed E-state index contributed by atoms with van der Waals surface area (Å²) in [6.07, 6.45) is 3.98. The van der Waals surface area contributed by atoms with Crippen LogP contribution in [0.5, 0.6) is 0 Å². The zero-order chi connectivity index (χ0) is 20.4. The highest BCUT2D eigenvalue weighted by Crippen LogP contribution is 2.24. The maximum absolute atomic E-state index is 12.8. The van der Waals surface area contributed by atoms with Crippen LogP contribution in [0.1, 0.15) is 30.1 Å². The van der Waals surface area contributed by atoms with E-state index >= 15 is 0 Å². The van der Waals surface area contributed by atoms with E-state index in [0.717, 1.165) is 30.2 Å². The molecule has 0 saturated carbocycles. The fraction of sp³-hybridized carbons (Fsp3) is 0.333. The molecular weight excluding hydrogens is 370 g/mol. The first-order valence-corrected chi connectivity index (χ1v) is 9.74. The summed E-state index contributed by atoms with van der Waals surface area (Å²) in [5.41, 5.74) is 1.43. The number of rotatable bonds is 4. The van der Waals surface area contributed by atoms with Gasteiger partial charge in [0.1, 0.15) is 5.82 Å². The number of urea groups is 1. The van der Waals surface area contributed by atoms with E-state index in [9.17, 15) is 14.4 Å². The summed E-state index contributed by atoms with van der Waals surface area (Å²) in [7, 11) is 0. The van der Waals surface area contributed by atoms with Crippen LogP contribution < -0.4 is 20.4 Å². The van der Waals surface area contributed by atoms with E-state index in [1.807, 2.05) is 0 Å². The van der Waals surface area contributed by atoms with Crippen molar-refractivity contribution < 1.29 is 14.4 Å². The maximum Gasteiger partial charge on any atom is 0.329 e. The van der Waals surface area contributed by atoms with Crippen LogP contribution in [0.15, 0.2) is 42.6 Å². The molecule has 2 aliphatic rings. The number of imide groups is 1. The van der Waals surface area contributed by atoms with Gasteiger partial charge in [0, 0.05) is 30.5 Å². The van der Waals surface area contributed by atoms with E-state index in [1.165, 1.54) is 6.42 Å². The van der Waals surface area contributed by atoms with E-state index in [2.05, 4.69) is 27.4 Å². The third-order valence-electron chi connectivity index (χ3n) is 5.19. The summed E-state index contributed by atoms with van der Waals surface area (Å²) >= 11 is 0. The highest BCUT2D eigenvalue weighted by Gasteiger charge is 2.30. The van der Waals surface area contributed by atoms with Gasteiger partial charge in [-0.1, -0.05) is 13.0 Å². The topological polar surface area (TPSA) is 94.6 Å². The van der Waals surface area contributed by atoms with Crippen LogP contribution in [0.2, 0.25) is 0 Å². The van der Waals surface area contributed by atoms with E-state index in [4.69, 9.17) is 0 Å². The number of nitrogens with one attached hydrogen (secondary N) is 2. The minimum Gasteiger partial charge on any atom is -0.356 e. The molecule has 150 valence electrons. The van der Waals surface area contributed by atoms with E-state index < -0.39 is 6.03 Å². The van der Waals surface area contributed by atoms with Crippen molar-refractivity contribution in [3.05, 3.63) is 48.2 Å². The lowest BCUT2D eigenvalue weighted by Crippen LogP contribution is -2.34. The monoisotopic (exact) mass is 393 g/mol. The Bertz CT molecular complexity index is 945. The number of nitrogens with zero attached hydrogens (tertiary/aromatic N) is 3. The third-order valence-corrected chi connectivity index (χ3v) is 5.19. The Morgan fingerprint density at radius 2 is 2.10 bits per heavy atom. The molecule has 2 aliphatic heterocycles. The molecule has 2 fully saturated rings. The minimum absolute atomic E-state index is 0.0235. The molecule has 8 nitrogen and oxygen atoms in total. The van der Waals surface area contributed by atoms with Crippen LogP contribution in [0, 0.1) is 5.92 Å². The molecule has 1 aromatic carbocycles. The van der Waals surface area contributed by atoms with Crippen molar-refractivity contribution in [1.29, 1.82) is 0 Å². The number of pyridine rings is 1. The summed E-state index contributed by atoms with van der Waals surface area (Å²) in [6, 6.07) is 9.68. The van der Waals surface area contributed by atoms with E-state index in [1.54, 1.807) is 42.6 Å². The SMILES string of the molecule is CC1CCCN(c2cc(C(=O)Nc3cccc(N4C(=O)CNC4=O)c3)ccn2)C1. The van der Waals surface area contributed by atoms with E-state index in [0.29, 0.717) is 22.9 Å². The molecule has 0 spiro atoms. The quantitative estimate of drug-likeness (QED) is 0.779. The molecule has 0 bridgehead atoms. The van der Waals surface area contributed by atoms with Crippen molar-refractivity contribution in [3.63, 3.8) is 0 Å². The van der Waals surface area contributed by atoms with Crippen molar-refractivity contribution in [2.24, 2.45) is 5.92 Å². The lowest BCUT2D eigenvalue weighted by atomic mass is 10.0. The van der Waals surface area contributed by atoms with Crippen LogP contribution in [0.25, 0.3) is 0 Å². The number of anilines is 3. The second kappa shape index (κ2) is 7.90. The van der Waals surface area contributed by atoms with Gasteiger partial charge in [-0.3, -0.25) is 9.59 Å². The first kappa shape index (κ1) is 18.9. The average Bonchev–Trinajstić information content (AvgIpc) is 3.06. The Hall–Kier alpha value is -3.42. The summed E-state index contributed by atoms with van der Waals surface area (Å²) in [5, 5.41) is 5.32. The smallest absolute Gasteiger partial charge is 0.329 e. The third kappa shape index (κ3) is 4.06. The number of aromatic nitrogens is 1. The molecule has 3 heterocycles. The highest BCUT2D eigenvalue weighted by molar-refractivity contribution is 6.20. The first-order valence-electron chi connectivity index (χ1n) is 9.74. The average molecular weight is 393 g/mol. The first-order chi connectivity index (χ1) is 14.0.